The van der Waals surface area contributed by atoms with E-state index in [0.29, 0.717) is 12.8 Å². The van der Waals surface area contributed by atoms with Crippen LogP contribution in [-0.2, 0) is 14.6 Å². The van der Waals surface area contributed by atoms with E-state index in [-0.39, 0.29) is 11.3 Å². The van der Waals surface area contributed by atoms with Crippen molar-refractivity contribution >= 4 is 15.8 Å². The monoisotopic (exact) mass is 249 g/mol. The maximum absolute atomic E-state index is 11.4. The molecular weight excluding hydrogens is 230 g/mol. The standard InChI is InChI=1S/C10H19NO4S/c1-7(10(12)13)11-8-4-3-5-9(6-8)16(2,14)15/h7-9,11H,3-6H2,1-2H3,(H,12,13). The molecule has 0 radical (unpaired) electrons. The van der Waals surface area contributed by atoms with Gasteiger partial charge in [0, 0.05) is 12.3 Å². The number of carboxylic acid groups (broad SMARTS) is 1. The van der Waals surface area contributed by atoms with Gasteiger partial charge in [0.05, 0.1) is 5.25 Å². The third-order valence-electron chi connectivity index (χ3n) is 3.09. The first kappa shape index (κ1) is 13.4. The number of hydrogen-bond acceptors (Lipinski definition) is 4. The summed E-state index contributed by atoms with van der Waals surface area (Å²) in [4.78, 5) is 10.7. The van der Waals surface area contributed by atoms with Crippen LogP contribution < -0.4 is 5.32 Å². The molecule has 0 saturated heterocycles. The van der Waals surface area contributed by atoms with Gasteiger partial charge in [-0.2, -0.15) is 0 Å². The Morgan fingerprint density at radius 1 is 1.44 bits per heavy atom. The third kappa shape index (κ3) is 3.75. The van der Waals surface area contributed by atoms with E-state index < -0.39 is 21.8 Å². The lowest BCUT2D eigenvalue weighted by Gasteiger charge is -2.29. The van der Waals surface area contributed by atoms with Gasteiger partial charge in [-0.1, -0.05) is 6.42 Å². The third-order valence-corrected chi connectivity index (χ3v) is 4.73. The maximum Gasteiger partial charge on any atom is 0.320 e. The summed E-state index contributed by atoms with van der Waals surface area (Å²) in [5, 5.41) is 11.4. The SMILES string of the molecule is CC(NC1CCCC(S(C)(=O)=O)C1)C(=O)O. The number of carbonyl (C=O) groups is 1. The van der Waals surface area contributed by atoms with Crippen molar-refractivity contribution in [3.05, 3.63) is 0 Å². The molecule has 94 valence electrons. The fraction of sp³-hybridized carbons (Fsp3) is 0.900. The second-order valence-electron chi connectivity index (χ2n) is 4.54. The van der Waals surface area contributed by atoms with Gasteiger partial charge >= 0.3 is 5.97 Å². The van der Waals surface area contributed by atoms with Crippen molar-refractivity contribution in [1.29, 1.82) is 0 Å². The molecule has 3 unspecified atom stereocenters. The number of nitrogens with one attached hydrogen (secondary N) is 1. The summed E-state index contributed by atoms with van der Waals surface area (Å²) in [6, 6.07) is -0.622. The minimum atomic E-state index is -3.00. The van der Waals surface area contributed by atoms with E-state index in [2.05, 4.69) is 5.32 Å². The number of carboxylic acids is 1. The molecule has 0 aliphatic heterocycles. The van der Waals surface area contributed by atoms with E-state index in [1.165, 1.54) is 6.26 Å². The van der Waals surface area contributed by atoms with Crippen LogP contribution >= 0.6 is 0 Å². The average Bonchev–Trinajstić information content (AvgIpc) is 2.16. The molecule has 0 bridgehead atoms. The summed E-state index contributed by atoms with van der Waals surface area (Å²) in [7, 11) is -3.00. The zero-order valence-electron chi connectivity index (χ0n) is 9.64. The number of aliphatic carboxylic acids is 1. The van der Waals surface area contributed by atoms with Gasteiger partial charge in [-0.15, -0.1) is 0 Å². The summed E-state index contributed by atoms with van der Waals surface area (Å²) in [5.74, 6) is -0.901. The van der Waals surface area contributed by atoms with Gasteiger partial charge in [0.25, 0.3) is 0 Å². The molecule has 16 heavy (non-hydrogen) atoms. The molecule has 2 N–H and O–H groups in total. The molecule has 6 heteroatoms. The molecule has 0 aromatic carbocycles. The second-order valence-corrected chi connectivity index (χ2v) is 6.87. The highest BCUT2D eigenvalue weighted by Crippen LogP contribution is 2.24. The fourth-order valence-electron chi connectivity index (χ4n) is 2.11. The molecule has 1 aliphatic rings. The summed E-state index contributed by atoms with van der Waals surface area (Å²) in [6.07, 6.45) is 4.15. The quantitative estimate of drug-likeness (QED) is 0.753. The van der Waals surface area contributed by atoms with Crippen molar-refractivity contribution in [2.75, 3.05) is 6.26 Å². The average molecular weight is 249 g/mol. The zero-order valence-corrected chi connectivity index (χ0v) is 10.5. The molecule has 0 spiro atoms. The molecule has 0 aromatic rings. The van der Waals surface area contributed by atoms with Crippen LogP contribution in [0.2, 0.25) is 0 Å². The van der Waals surface area contributed by atoms with Gasteiger partial charge in [0.1, 0.15) is 15.9 Å². The first-order chi connectivity index (χ1) is 7.30. The van der Waals surface area contributed by atoms with Gasteiger partial charge in [0.2, 0.25) is 0 Å². The molecular formula is C10H19NO4S. The Labute approximate surface area is 96.1 Å². The van der Waals surface area contributed by atoms with Gasteiger partial charge in [-0.05, 0) is 26.2 Å². The van der Waals surface area contributed by atoms with Crippen LogP contribution in [0.3, 0.4) is 0 Å². The Morgan fingerprint density at radius 2 is 2.06 bits per heavy atom. The Bertz CT molecular complexity index is 352. The van der Waals surface area contributed by atoms with Crippen LogP contribution in [0.25, 0.3) is 0 Å². The van der Waals surface area contributed by atoms with Crippen LogP contribution in [0.1, 0.15) is 32.6 Å². The van der Waals surface area contributed by atoms with Crippen LogP contribution in [0.4, 0.5) is 0 Å². The summed E-state index contributed by atoms with van der Waals surface area (Å²) in [5.41, 5.74) is 0. The lowest BCUT2D eigenvalue weighted by Crippen LogP contribution is -2.45. The molecule has 0 heterocycles. The van der Waals surface area contributed by atoms with Crippen LogP contribution in [-0.4, -0.2) is 43.1 Å². The largest absolute Gasteiger partial charge is 0.480 e. The van der Waals surface area contributed by atoms with Gasteiger partial charge in [-0.3, -0.25) is 4.79 Å². The lowest BCUT2D eigenvalue weighted by molar-refractivity contribution is -0.139. The second kappa shape index (κ2) is 5.14. The molecule has 0 amide bonds. The summed E-state index contributed by atoms with van der Waals surface area (Å²) in [6.45, 7) is 1.58. The number of sulfone groups is 1. The zero-order chi connectivity index (χ0) is 12.3. The molecule has 1 fully saturated rings. The van der Waals surface area contributed by atoms with Crippen LogP contribution in [0, 0.1) is 0 Å². The predicted molar refractivity (Wildman–Crippen MR) is 61.1 cm³/mol. The smallest absolute Gasteiger partial charge is 0.320 e. The van der Waals surface area contributed by atoms with Crippen molar-refractivity contribution in [3.63, 3.8) is 0 Å². The fourth-order valence-corrected chi connectivity index (χ4v) is 3.29. The predicted octanol–water partition coefficient (Wildman–Crippen LogP) is 0.405. The molecule has 1 rings (SSSR count). The van der Waals surface area contributed by atoms with Crippen LogP contribution in [0.5, 0.6) is 0 Å². The molecule has 0 aromatic heterocycles. The van der Waals surface area contributed by atoms with E-state index in [1.807, 2.05) is 0 Å². The van der Waals surface area contributed by atoms with Crippen molar-refractivity contribution < 1.29 is 18.3 Å². The van der Waals surface area contributed by atoms with Crippen molar-refractivity contribution in [1.82, 2.24) is 5.32 Å². The summed E-state index contributed by atoms with van der Waals surface area (Å²) >= 11 is 0. The van der Waals surface area contributed by atoms with E-state index in [0.717, 1.165) is 12.8 Å². The maximum atomic E-state index is 11.4. The van der Waals surface area contributed by atoms with Crippen LogP contribution in [0.15, 0.2) is 0 Å². The lowest BCUT2D eigenvalue weighted by atomic mass is 9.94. The molecule has 3 atom stereocenters. The molecule has 1 saturated carbocycles. The van der Waals surface area contributed by atoms with Crippen molar-refractivity contribution in [3.8, 4) is 0 Å². The van der Waals surface area contributed by atoms with Gasteiger partial charge in [-0.25, -0.2) is 8.42 Å². The summed E-state index contributed by atoms with van der Waals surface area (Å²) < 4.78 is 22.8. The highest BCUT2D eigenvalue weighted by atomic mass is 32.2. The first-order valence-corrected chi connectivity index (χ1v) is 7.44. The number of hydrogen-bond donors (Lipinski definition) is 2. The Kier molecular flexibility index (Phi) is 4.32. The van der Waals surface area contributed by atoms with Gasteiger partial charge in [0.15, 0.2) is 0 Å². The van der Waals surface area contributed by atoms with E-state index in [1.54, 1.807) is 6.92 Å². The topological polar surface area (TPSA) is 83.5 Å². The highest BCUT2D eigenvalue weighted by Gasteiger charge is 2.30. The van der Waals surface area contributed by atoms with Crippen molar-refractivity contribution in [2.24, 2.45) is 0 Å². The Balaban J connectivity index is 2.55. The Hall–Kier alpha value is -0.620. The van der Waals surface area contributed by atoms with Gasteiger partial charge < -0.3 is 10.4 Å². The first-order valence-electron chi connectivity index (χ1n) is 5.48. The molecule has 5 nitrogen and oxygen atoms in total. The van der Waals surface area contributed by atoms with E-state index >= 15 is 0 Å². The minimum Gasteiger partial charge on any atom is -0.480 e. The van der Waals surface area contributed by atoms with Crippen molar-refractivity contribution in [2.45, 2.75) is 49.9 Å². The van der Waals surface area contributed by atoms with E-state index in [4.69, 9.17) is 5.11 Å². The normalized spacial score (nSPS) is 28.6. The molecule has 1 aliphatic carbocycles. The van der Waals surface area contributed by atoms with E-state index in [9.17, 15) is 13.2 Å². The Morgan fingerprint density at radius 3 is 2.56 bits per heavy atom. The number of rotatable bonds is 4. The minimum absolute atomic E-state index is 0.000394. The highest BCUT2D eigenvalue weighted by molar-refractivity contribution is 7.91.